The number of aliphatic hydroxyl groups excluding tert-OH is 6. The van der Waals surface area contributed by atoms with Crippen molar-refractivity contribution in [1.82, 2.24) is 67.4 Å². The molecule has 0 amide bonds. The molecule has 622 valence electrons. The molecule has 114 heavy (non-hydrogen) atoms. The summed E-state index contributed by atoms with van der Waals surface area (Å²) in [6, 6.07) is 0. The highest BCUT2D eigenvalue weighted by Crippen LogP contribution is 2.68. The number of rotatable bonds is 26. The van der Waals surface area contributed by atoms with Crippen molar-refractivity contribution in [3.05, 3.63) is 196 Å². The first-order chi connectivity index (χ1) is 53.7. The monoisotopic (exact) mass is 1640 g/mol. The lowest BCUT2D eigenvalue weighted by Gasteiger charge is -2.47. The predicted molar refractivity (Wildman–Crippen MR) is 371 cm³/mol. The first kappa shape index (κ1) is 82.9. The summed E-state index contributed by atoms with van der Waals surface area (Å²) in [6.45, 7) is -1.06. The van der Waals surface area contributed by atoms with Crippen molar-refractivity contribution in [1.29, 1.82) is 0 Å². The van der Waals surface area contributed by atoms with Crippen LogP contribution in [0.5, 0.6) is 0 Å². The van der Waals surface area contributed by atoms with Crippen molar-refractivity contribution >= 4 is 13.6 Å². The molecule has 50 heteroatoms. The maximum absolute atomic E-state index is 16.4. The van der Waals surface area contributed by atoms with Crippen LogP contribution < -0.4 is 67.5 Å². The molecule has 0 aromatic carbocycles. The lowest BCUT2D eigenvalue weighted by molar-refractivity contribution is -0.463. The number of ether oxygens (including phenoxy) is 10. The van der Waals surface area contributed by atoms with E-state index in [2.05, 4.69) is 29.9 Å². The Kier molecular flexibility index (Phi) is 23.1. The average Bonchev–Trinajstić information content (AvgIpc) is 1.49. The van der Waals surface area contributed by atoms with Gasteiger partial charge in [-0.3, -0.25) is 100 Å². The number of nitrogens with one attached hydrogen (secondary N) is 6. The number of H-pyrrole nitrogens is 6. The number of hydrogen-bond donors (Lipinski definition) is 15. The fraction of sp³-hybridized carbons (Fsp3) is 0.609. The number of carbonyl (C=O) groups is 1. The van der Waals surface area contributed by atoms with E-state index in [1.807, 2.05) is 0 Å². The zero-order chi connectivity index (χ0) is 82.4. The van der Waals surface area contributed by atoms with Gasteiger partial charge in [0.1, 0.15) is 74.0 Å². The zero-order valence-electron chi connectivity index (χ0n) is 61.0. The van der Waals surface area contributed by atoms with E-state index < -0.39 is 287 Å². The molecule has 0 spiro atoms. The van der Waals surface area contributed by atoms with E-state index in [-0.39, 0.29) is 43.5 Å². The minimum absolute atomic E-state index is 0.0608. The summed E-state index contributed by atoms with van der Waals surface area (Å²) in [5.74, 6) is -11.4. The molecule has 0 aliphatic carbocycles. The molecule has 0 bridgehead atoms. The molecular formula is C64H81N14O35P. The largest absolute Gasteiger partial charge is 0.477 e. The molecule has 0 radical (unpaired) electrons. The van der Waals surface area contributed by atoms with Gasteiger partial charge in [0.05, 0.1) is 76.3 Å². The molecule has 13 rings (SSSR count). The van der Waals surface area contributed by atoms with Crippen LogP contribution in [0.4, 0.5) is 0 Å². The summed E-state index contributed by atoms with van der Waals surface area (Å²) >= 11 is 0. The number of aromatic amines is 6. The summed E-state index contributed by atoms with van der Waals surface area (Å²) in [5, 5.41) is 84.6. The Balaban J connectivity index is 1.04. The highest BCUT2D eigenvalue weighted by Gasteiger charge is 2.89. The molecule has 15 N–H and O–H groups in total. The molecule has 7 fully saturated rings. The predicted octanol–water partition coefficient (Wildman–Crippen LogP) is -8.20. The SMILES string of the molecule is Cc1cn([C@H]2C[C@H](O)[C@@H](CON3C(OC[C@H]4O[C@@H](n5cc(C)c(=O)[nH]c5=O)C[C@@H]4O)(C(=O)O)N(OC[C@H]4O[C@@H](n5cc(C)c(=O)[nH]c5=O)C[C@@H]4O)C(OC[C@H]4O[C@@H](n5cc(C)c(=O)[nH]c5=O)C[C@@H]4O)(P(=O)(O)O)C3(OC[C@H]3O[C@@H](n4cc(C)c(=O)[nH]c4=O)C[C@@H]3O)OC[C@H]3O[C@@H](n4cc(C)c(=O)[nH]c4=O)C[C@@H]3O)O2)c(=O)[nH]c1=O. The van der Waals surface area contributed by atoms with Gasteiger partial charge in [0.25, 0.3) is 33.4 Å². The molecule has 13 heterocycles. The Labute approximate surface area is 634 Å². The van der Waals surface area contributed by atoms with E-state index in [4.69, 9.17) is 57.0 Å². The first-order valence-corrected chi connectivity index (χ1v) is 37.0. The summed E-state index contributed by atoms with van der Waals surface area (Å²) in [7, 11) is -7.27. The molecule has 49 nitrogen and oxygen atoms in total. The van der Waals surface area contributed by atoms with Gasteiger partial charge in [-0.1, -0.05) is 10.1 Å². The van der Waals surface area contributed by atoms with Crippen LogP contribution in [-0.2, 0) is 66.4 Å². The fourth-order valence-electron chi connectivity index (χ4n) is 14.4. The average molecular weight is 1640 g/mol. The van der Waals surface area contributed by atoms with Crippen LogP contribution in [0.2, 0.25) is 0 Å². The number of hydroxylamine groups is 4. The Morgan fingerprint density at radius 2 is 0.579 bits per heavy atom. The second-order valence-electron chi connectivity index (χ2n) is 28.5. The topological polar surface area (TPSA) is 663 Å². The Morgan fingerprint density at radius 1 is 0.368 bits per heavy atom. The van der Waals surface area contributed by atoms with Gasteiger partial charge >= 0.3 is 64.9 Å². The number of hydrogen-bond acceptors (Lipinski definition) is 34. The number of aryl methyl sites for hydroxylation is 6. The highest BCUT2D eigenvalue weighted by molar-refractivity contribution is 7.53. The minimum Gasteiger partial charge on any atom is -0.477 e. The van der Waals surface area contributed by atoms with Crippen molar-refractivity contribution in [2.75, 3.05) is 39.6 Å². The van der Waals surface area contributed by atoms with E-state index >= 15 is 9.36 Å². The lowest BCUT2D eigenvalue weighted by Crippen LogP contribution is -2.67. The molecule has 7 aliphatic heterocycles. The minimum atomic E-state index is -7.27. The molecule has 0 saturated carbocycles. The van der Waals surface area contributed by atoms with Crippen LogP contribution in [0, 0.1) is 41.5 Å². The third-order valence-electron chi connectivity index (χ3n) is 20.7. The van der Waals surface area contributed by atoms with Crippen LogP contribution in [0.1, 0.15) is 109 Å². The number of carboxylic acid groups (broad SMARTS) is 1. The number of aliphatic carboxylic acids is 1. The van der Waals surface area contributed by atoms with Crippen LogP contribution in [0.15, 0.2) is 94.7 Å². The quantitative estimate of drug-likeness (QED) is 0.0177. The third-order valence-corrected chi connectivity index (χ3v) is 22.0. The summed E-state index contributed by atoms with van der Waals surface area (Å²) in [6.07, 6.45) is -30.5. The molecule has 6 aromatic heterocycles. The second kappa shape index (κ2) is 31.8. The van der Waals surface area contributed by atoms with Gasteiger partial charge in [-0.05, 0) is 41.5 Å². The Bertz CT molecular complexity index is 5400. The van der Waals surface area contributed by atoms with Crippen LogP contribution in [0.25, 0.3) is 0 Å². The van der Waals surface area contributed by atoms with Gasteiger partial charge in [-0.25, -0.2) is 33.6 Å². The Morgan fingerprint density at radius 3 is 0.807 bits per heavy atom. The standard InChI is InChI=1S/C64H81N14O35P/c1-25-13-71(56(93)65-49(25)85)43-7-31(79)37(108-43)19-102-62(55(91)92)77(106-23-41-35(83)11-47(112-41)75-17-29(5)53(89)69-60(75)97)63(103-20-38-32(80)8-44(109-38)72-14-26(2)50(86)66-57(72)94,104-21-39-33(81)9-45(110-39)73-15-27(3)51(87)67-58(73)95)64(114(99,100)101,105-22-40-34(82)10-46(111-40)74-16-28(4)52(88)68-59(74)96)78(62)107-24-42-36(84)12-48(113-42)76-18-30(6)54(90)70-61(76)98/h13-18,31-48,79-84H,7-12,19-24H2,1-6H3,(H,91,92)(H,65,85,93)(H,66,86,94)(H,67,87,95)(H,68,88,96)(H,69,89,97)(H,70,90,98)(H2,99,100,101)/t31-,32-,33-,34-,35-,36-,37+,38+,39+,40+,41+,42+,43+,44+,45+,46+,47+,48+,62?,64?/m0/s1. The molecule has 20 atom stereocenters. The third kappa shape index (κ3) is 15.2. The number of aromatic nitrogens is 12. The van der Waals surface area contributed by atoms with Crippen LogP contribution in [0.3, 0.4) is 0 Å². The van der Waals surface area contributed by atoms with Crippen molar-refractivity contribution in [2.45, 2.75) is 208 Å². The number of carboxylic acids is 1. The van der Waals surface area contributed by atoms with Crippen molar-refractivity contribution < 1.29 is 112 Å². The fourth-order valence-corrected chi connectivity index (χ4v) is 15.7. The maximum Gasteiger partial charge on any atom is 0.382 e. The normalized spacial score (nSPS) is 31.8. The molecular weight excluding hydrogens is 1560 g/mol. The lowest BCUT2D eigenvalue weighted by atomic mass is 10.2. The summed E-state index contributed by atoms with van der Waals surface area (Å²) in [4.78, 5) is 224. The molecule has 6 aromatic rings. The van der Waals surface area contributed by atoms with Gasteiger partial charge in [0.2, 0.25) is 0 Å². The van der Waals surface area contributed by atoms with E-state index in [0.29, 0.717) is 0 Å². The molecule has 2 unspecified atom stereocenters. The summed E-state index contributed by atoms with van der Waals surface area (Å²) in [5.41, 5.74) is -16.7. The smallest absolute Gasteiger partial charge is 0.382 e. The van der Waals surface area contributed by atoms with Gasteiger partial charge in [-0.2, -0.15) is 0 Å². The summed E-state index contributed by atoms with van der Waals surface area (Å²) < 4.78 is 85.1. The second-order valence-corrected chi connectivity index (χ2v) is 30.2. The maximum atomic E-state index is 16.4. The van der Waals surface area contributed by atoms with E-state index in [9.17, 15) is 103 Å². The van der Waals surface area contributed by atoms with Gasteiger partial charge in [0, 0.05) is 109 Å². The first-order valence-electron chi connectivity index (χ1n) is 35.4. The zero-order valence-corrected chi connectivity index (χ0v) is 61.9. The molecule has 7 saturated heterocycles. The van der Waals surface area contributed by atoms with Gasteiger partial charge < -0.3 is 92.9 Å². The van der Waals surface area contributed by atoms with Gasteiger partial charge in [-0.15, -0.1) is 0 Å². The Hall–Kier alpha value is -9.10. The number of nitrogens with zero attached hydrogens (tertiary/aromatic N) is 8. The molecule has 7 aliphatic rings. The van der Waals surface area contributed by atoms with Crippen LogP contribution >= 0.6 is 7.60 Å². The van der Waals surface area contributed by atoms with E-state index in [1.54, 1.807) is 0 Å². The van der Waals surface area contributed by atoms with Crippen LogP contribution in [-0.4, -0.2) is 249 Å². The van der Waals surface area contributed by atoms with Crippen molar-refractivity contribution in [3.63, 3.8) is 0 Å². The van der Waals surface area contributed by atoms with Crippen molar-refractivity contribution in [3.8, 4) is 0 Å². The van der Waals surface area contributed by atoms with E-state index in [0.717, 1.165) is 64.6 Å². The van der Waals surface area contributed by atoms with Gasteiger partial charge in [0.15, 0.2) is 0 Å². The van der Waals surface area contributed by atoms with Crippen molar-refractivity contribution in [2.24, 2.45) is 0 Å². The van der Waals surface area contributed by atoms with E-state index in [1.165, 1.54) is 41.5 Å². The number of aliphatic hydroxyl groups is 6. The highest BCUT2D eigenvalue weighted by atomic mass is 31.2.